The Morgan fingerprint density at radius 3 is 2.61 bits per heavy atom. The molecule has 0 aliphatic rings. The van der Waals surface area contributed by atoms with Gasteiger partial charge in [-0.2, -0.15) is 0 Å². The van der Waals surface area contributed by atoms with Crippen LogP contribution in [0.5, 0.6) is 0 Å². The molecule has 0 bridgehead atoms. The lowest BCUT2D eigenvalue weighted by atomic mass is 10.4. The fourth-order valence-corrected chi connectivity index (χ4v) is 3.00. The van der Waals surface area contributed by atoms with E-state index in [0.717, 1.165) is 17.0 Å². The summed E-state index contributed by atoms with van der Waals surface area (Å²) in [5, 5.41) is 0. The van der Waals surface area contributed by atoms with Gasteiger partial charge >= 0.3 is 0 Å². The monoisotopic (exact) mass is 286 g/mol. The minimum absolute atomic E-state index is 0.0632. The Hall–Kier alpha value is -1.31. The van der Waals surface area contributed by atoms with Crippen LogP contribution < -0.4 is 4.72 Å². The number of rotatable bonds is 5. The van der Waals surface area contributed by atoms with Crippen molar-refractivity contribution in [2.75, 3.05) is 6.54 Å². The molecule has 0 aliphatic carbocycles. The Morgan fingerprint density at radius 1 is 1.28 bits per heavy atom. The highest BCUT2D eigenvalue weighted by Gasteiger charge is 2.13. The Morgan fingerprint density at radius 2 is 2.00 bits per heavy atom. The van der Waals surface area contributed by atoms with Gasteiger partial charge in [0.25, 0.3) is 0 Å². The second-order valence-electron chi connectivity index (χ2n) is 3.57. The molecule has 0 saturated carbocycles. The fraction of sp³-hybridized carbons (Fsp3) is 0.182. The van der Waals surface area contributed by atoms with Gasteiger partial charge in [-0.3, -0.25) is 4.98 Å². The molecular formula is C11H11FN2O2S2. The number of hydrogen-bond acceptors (Lipinski definition) is 4. The van der Waals surface area contributed by atoms with Crippen LogP contribution in [0.25, 0.3) is 0 Å². The topological polar surface area (TPSA) is 59.1 Å². The zero-order valence-corrected chi connectivity index (χ0v) is 11.0. The Balaban J connectivity index is 1.97. The third-order valence-electron chi connectivity index (χ3n) is 2.27. The number of thiazole rings is 1. The Bertz CT molecular complexity index is 594. The molecule has 1 aromatic heterocycles. The summed E-state index contributed by atoms with van der Waals surface area (Å²) in [6, 6.07) is 4.73. The van der Waals surface area contributed by atoms with Crippen molar-refractivity contribution in [1.82, 2.24) is 9.71 Å². The van der Waals surface area contributed by atoms with Crippen molar-refractivity contribution in [3.63, 3.8) is 0 Å². The molecule has 0 unspecified atom stereocenters. The highest BCUT2D eigenvalue weighted by Crippen LogP contribution is 2.10. The van der Waals surface area contributed by atoms with Crippen molar-refractivity contribution in [1.29, 1.82) is 0 Å². The van der Waals surface area contributed by atoms with E-state index >= 15 is 0 Å². The first-order valence-corrected chi connectivity index (χ1v) is 7.57. The van der Waals surface area contributed by atoms with Crippen LogP contribution in [0.4, 0.5) is 4.39 Å². The van der Waals surface area contributed by atoms with E-state index in [1.54, 1.807) is 11.7 Å². The zero-order valence-electron chi connectivity index (χ0n) is 9.34. The maximum absolute atomic E-state index is 12.7. The summed E-state index contributed by atoms with van der Waals surface area (Å²) in [5.41, 5.74) is 1.70. The molecule has 96 valence electrons. The summed E-state index contributed by atoms with van der Waals surface area (Å²) in [5.74, 6) is -0.460. The molecular weight excluding hydrogens is 275 g/mol. The van der Waals surface area contributed by atoms with Crippen molar-refractivity contribution in [2.45, 2.75) is 11.3 Å². The molecule has 2 aromatic rings. The van der Waals surface area contributed by atoms with Crippen molar-refractivity contribution in [3.8, 4) is 0 Å². The summed E-state index contributed by atoms with van der Waals surface area (Å²) in [6.45, 7) is 0.294. The summed E-state index contributed by atoms with van der Waals surface area (Å²) >= 11 is 1.48. The zero-order chi connectivity index (χ0) is 13.0. The van der Waals surface area contributed by atoms with Crippen LogP contribution in [0.1, 0.15) is 4.88 Å². The molecule has 1 heterocycles. The number of nitrogens with zero attached hydrogens (tertiary/aromatic N) is 1. The van der Waals surface area contributed by atoms with E-state index in [1.807, 2.05) is 0 Å². The van der Waals surface area contributed by atoms with Crippen LogP contribution in [0.3, 0.4) is 0 Å². The van der Waals surface area contributed by atoms with Crippen molar-refractivity contribution in [3.05, 3.63) is 46.7 Å². The van der Waals surface area contributed by atoms with Crippen LogP contribution in [0, 0.1) is 5.82 Å². The molecule has 0 atom stereocenters. The van der Waals surface area contributed by atoms with Crippen LogP contribution in [-0.2, 0) is 16.4 Å². The number of sulfonamides is 1. The van der Waals surface area contributed by atoms with E-state index in [2.05, 4.69) is 9.71 Å². The molecule has 1 aromatic carbocycles. The van der Waals surface area contributed by atoms with E-state index < -0.39 is 15.8 Å². The van der Waals surface area contributed by atoms with Crippen LogP contribution >= 0.6 is 11.3 Å². The molecule has 0 radical (unpaired) electrons. The number of nitrogens with one attached hydrogen (secondary N) is 1. The Kier molecular flexibility index (Phi) is 4.05. The van der Waals surface area contributed by atoms with Gasteiger partial charge in [-0.15, -0.1) is 11.3 Å². The van der Waals surface area contributed by atoms with Gasteiger partial charge in [-0.25, -0.2) is 17.5 Å². The minimum atomic E-state index is -3.56. The lowest BCUT2D eigenvalue weighted by Crippen LogP contribution is -2.25. The largest absolute Gasteiger partial charge is 0.253 e. The maximum atomic E-state index is 12.7. The average Bonchev–Trinajstić information content (AvgIpc) is 2.82. The highest BCUT2D eigenvalue weighted by molar-refractivity contribution is 7.89. The number of halogens is 1. The second-order valence-corrected chi connectivity index (χ2v) is 6.31. The standard InChI is InChI=1S/C11H11FN2O2S2/c12-9-1-3-11(4-2-9)18(15,16)14-6-5-10-7-13-8-17-10/h1-4,7-8,14H,5-6H2. The molecule has 0 aliphatic heterocycles. The third kappa shape index (κ3) is 3.34. The van der Waals surface area contributed by atoms with Gasteiger partial charge in [0, 0.05) is 17.6 Å². The van der Waals surface area contributed by atoms with Gasteiger partial charge in [0.15, 0.2) is 0 Å². The van der Waals surface area contributed by atoms with E-state index in [9.17, 15) is 12.8 Å². The van der Waals surface area contributed by atoms with Gasteiger partial charge in [0.05, 0.1) is 10.4 Å². The first-order chi connectivity index (χ1) is 8.58. The first kappa shape index (κ1) is 13.1. The predicted octanol–water partition coefficient (Wildman–Crippen LogP) is 1.80. The second kappa shape index (κ2) is 5.55. The quantitative estimate of drug-likeness (QED) is 0.912. The Labute approximate surface area is 109 Å². The van der Waals surface area contributed by atoms with Gasteiger partial charge in [-0.05, 0) is 30.7 Å². The van der Waals surface area contributed by atoms with Crippen LogP contribution in [0.2, 0.25) is 0 Å². The smallest absolute Gasteiger partial charge is 0.240 e. The fourth-order valence-electron chi connectivity index (χ4n) is 1.37. The molecule has 4 nitrogen and oxygen atoms in total. The molecule has 1 N–H and O–H groups in total. The first-order valence-electron chi connectivity index (χ1n) is 5.20. The molecule has 0 amide bonds. The van der Waals surface area contributed by atoms with Gasteiger partial charge in [-0.1, -0.05) is 0 Å². The summed E-state index contributed by atoms with van der Waals surface area (Å²) in [6.07, 6.45) is 2.29. The van der Waals surface area contributed by atoms with Gasteiger partial charge < -0.3 is 0 Å². The summed E-state index contributed by atoms with van der Waals surface area (Å²) in [7, 11) is -3.56. The van der Waals surface area contributed by atoms with Crippen LogP contribution in [-0.4, -0.2) is 19.9 Å². The van der Waals surface area contributed by atoms with Crippen LogP contribution in [0.15, 0.2) is 40.9 Å². The number of aromatic nitrogens is 1. The molecule has 0 saturated heterocycles. The van der Waals surface area contributed by atoms with Gasteiger partial charge in [0.1, 0.15) is 5.82 Å². The van der Waals surface area contributed by atoms with E-state index in [1.165, 1.54) is 23.5 Å². The van der Waals surface area contributed by atoms with E-state index in [-0.39, 0.29) is 4.90 Å². The SMILES string of the molecule is O=S(=O)(NCCc1cncs1)c1ccc(F)cc1. The molecule has 7 heteroatoms. The van der Waals surface area contributed by atoms with Crippen molar-refractivity contribution >= 4 is 21.4 Å². The van der Waals surface area contributed by atoms with Gasteiger partial charge in [0.2, 0.25) is 10.0 Å². The molecule has 2 rings (SSSR count). The van der Waals surface area contributed by atoms with Crippen molar-refractivity contribution < 1.29 is 12.8 Å². The number of benzene rings is 1. The molecule has 0 spiro atoms. The van der Waals surface area contributed by atoms with Crippen molar-refractivity contribution in [2.24, 2.45) is 0 Å². The van der Waals surface area contributed by atoms with E-state index in [4.69, 9.17) is 0 Å². The summed E-state index contributed by atoms with van der Waals surface area (Å²) in [4.78, 5) is 4.98. The molecule has 0 fully saturated rings. The normalized spacial score (nSPS) is 11.6. The van der Waals surface area contributed by atoms with E-state index in [0.29, 0.717) is 13.0 Å². The lowest BCUT2D eigenvalue weighted by Gasteiger charge is -2.05. The predicted molar refractivity (Wildman–Crippen MR) is 67.4 cm³/mol. The number of hydrogen-bond donors (Lipinski definition) is 1. The summed E-state index contributed by atoms with van der Waals surface area (Å²) < 4.78 is 38.8. The molecule has 18 heavy (non-hydrogen) atoms. The third-order valence-corrected chi connectivity index (χ3v) is 4.59. The lowest BCUT2D eigenvalue weighted by molar-refractivity contribution is 0.581. The average molecular weight is 286 g/mol. The minimum Gasteiger partial charge on any atom is -0.253 e. The maximum Gasteiger partial charge on any atom is 0.240 e. The highest BCUT2D eigenvalue weighted by atomic mass is 32.2.